The van der Waals surface area contributed by atoms with Crippen molar-refractivity contribution in [1.82, 2.24) is 14.8 Å². The molecule has 1 saturated carbocycles. The Kier molecular flexibility index (Phi) is 5.33. The lowest BCUT2D eigenvalue weighted by Gasteiger charge is -2.44. The molecule has 0 unspecified atom stereocenters. The Bertz CT molecular complexity index is 1130. The molecule has 1 aliphatic heterocycles. The number of benzene rings is 1. The highest BCUT2D eigenvalue weighted by atomic mass is 35.5. The van der Waals surface area contributed by atoms with Crippen molar-refractivity contribution in [1.29, 1.82) is 0 Å². The molecule has 1 aliphatic carbocycles. The van der Waals surface area contributed by atoms with Gasteiger partial charge < -0.3 is 19.2 Å². The second kappa shape index (κ2) is 8.17. The van der Waals surface area contributed by atoms with Gasteiger partial charge >= 0.3 is 0 Å². The van der Waals surface area contributed by atoms with E-state index < -0.39 is 5.54 Å². The van der Waals surface area contributed by atoms with E-state index in [-0.39, 0.29) is 17.9 Å². The maximum atomic E-state index is 13.7. The van der Waals surface area contributed by atoms with Gasteiger partial charge in [0.05, 0.1) is 18.5 Å². The van der Waals surface area contributed by atoms with Crippen molar-refractivity contribution in [2.24, 2.45) is 0 Å². The van der Waals surface area contributed by atoms with Crippen LogP contribution in [0.4, 0.5) is 0 Å². The third-order valence-electron chi connectivity index (χ3n) is 6.71. The number of carbonyl (C=O) groups excluding carboxylic acids is 2. The molecule has 0 bridgehead atoms. The predicted octanol–water partition coefficient (Wildman–Crippen LogP) is 4.88. The first kappa shape index (κ1) is 20.9. The fraction of sp³-hybridized carbons (Fsp3) is 0.360. The zero-order valence-electron chi connectivity index (χ0n) is 18.0. The second-order valence-electron chi connectivity index (χ2n) is 8.91. The summed E-state index contributed by atoms with van der Waals surface area (Å²) >= 11 is 6.05. The van der Waals surface area contributed by atoms with Crippen LogP contribution in [0.25, 0.3) is 11.5 Å². The minimum atomic E-state index is -1.05. The van der Waals surface area contributed by atoms with E-state index in [1.807, 2.05) is 47.9 Å². The topological polar surface area (TPSA) is 67.5 Å². The predicted molar refractivity (Wildman–Crippen MR) is 122 cm³/mol. The van der Waals surface area contributed by atoms with E-state index in [0.29, 0.717) is 29.6 Å². The number of furan rings is 1. The van der Waals surface area contributed by atoms with Crippen LogP contribution >= 0.6 is 11.6 Å². The highest BCUT2D eigenvalue weighted by molar-refractivity contribution is 6.30. The highest BCUT2D eigenvalue weighted by Gasteiger charge is 2.48. The van der Waals surface area contributed by atoms with Crippen molar-refractivity contribution in [3.63, 3.8) is 0 Å². The molecule has 1 N–H and O–H groups in total. The molecular weight excluding hydrogens is 426 g/mol. The fourth-order valence-corrected chi connectivity index (χ4v) is 4.97. The van der Waals surface area contributed by atoms with E-state index in [1.54, 1.807) is 23.3 Å². The summed E-state index contributed by atoms with van der Waals surface area (Å²) < 4.78 is 7.50. The van der Waals surface area contributed by atoms with E-state index in [1.165, 1.54) is 0 Å². The number of aromatic nitrogens is 1. The van der Waals surface area contributed by atoms with Crippen LogP contribution < -0.4 is 5.32 Å². The Balaban J connectivity index is 1.54. The Morgan fingerprint density at radius 3 is 2.53 bits per heavy atom. The zero-order valence-corrected chi connectivity index (χ0v) is 18.8. The molecule has 166 valence electrons. The van der Waals surface area contributed by atoms with Crippen molar-refractivity contribution in [3.05, 3.63) is 71.1 Å². The fourth-order valence-electron chi connectivity index (χ4n) is 4.84. The van der Waals surface area contributed by atoms with Crippen molar-refractivity contribution >= 4 is 23.4 Å². The Hall–Kier alpha value is -2.99. The van der Waals surface area contributed by atoms with Crippen molar-refractivity contribution in [2.75, 3.05) is 0 Å². The van der Waals surface area contributed by atoms with E-state index >= 15 is 0 Å². The van der Waals surface area contributed by atoms with Gasteiger partial charge in [-0.05, 0) is 61.7 Å². The number of fused-ring (bicyclic) bond motifs is 1. The molecule has 6 nitrogen and oxygen atoms in total. The molecule has 32 heavy (non-hydrogen) atoms. The van der Waals surface area contributed by atoms with Crippen molar-refractivity contribution < 1.29 is 14.0 Å². The lowest BCUT2D eigenvalue weighted by Crippen LogP contribution is -2.64. The van der Waals surface area contributed by atoms with Crippen molar-refractivity contribution in [3.8, 4) is 11.5 Å². The lowest BCUT2D eigenvalue weighted by atomic mass is 9.93. The summed E-state index contributed by atoms with van der Waals surface area (Å²) in [6.45, 7) is 2.54. The number of amides is 2. The number of rotatable bonds is 5. The number of hydrogen-bond donors (Lipinski definition) is 1. The number of halogens is 1. The average molecular weight is 452 g/mol. The first-order valence-electron chi connectivity index (χ1n) is 11.1. The molecule has 0 radical (unpaired) electrons. The van der Waals surface area contributed by atoms with E-state index in [2.05, 4.69) is 5.32 Å². The molecule has 3 aromatic rings. The van der Waals surface area contributed by atoms with Crippen molar-refractivity contribution in [2.45, 2.75) is 57.3 Å². The summed E-state index contributed by atoms with van der Waals surface area (Å²) in [6.07, 6.45) is 5.83. The average Bonchev–Trinajstić information content (AvgIpc) is 3.54. The molecule has 0 spiro atoms. The normalized spacial score (nSPS) is 21.1. The molecule has 3 heterocycles. The molecule has 0 saturated heterocycles. The SMILES string of the molecule is C[C@@]1(C(=O)NC2CCCC2)Cn2c(ccc2-c2ccco2)C(=O)N1Cc1ccc(Cl)cc1. The van der Waals surface area contributed by atoms with Crippen LogP contribution in [-0.2, 0) is 17.9 Å². The standard InChI is InChI=1S/C25H26ClN3O3/c1-25(24(31)27-19-5-2-3-6-19)16-28-20(22-7-4-14-32-22)12-13-21(28)23(30)29(25)15-17-8-10-18(26)11-9-17/h4,7-14,19H,2-3,5-6,15-16H2,1H3,(H,27,31)/t25-/m0/s1. The molecule has 1 fully saturated rings. The van der Waals surface area contributed by atoms with Gasteiger partial charge in [-0.25, -0.2) is 0 Å². The number of nitrogens with one attached hydrogen (secondary N) is 1. The summed E-state index contributed by atoms with van der Waals surface area (Å²) in [5.41, 5.74) is 1.22. The van der Waals surface area contributed by atoms with Gasteiger partial charge in [0.2, 0.25) is 5.91 Å². The first-order valence-corrected chi connectivity index (χ1v) is 11.4. The van der Waals surface area contributed by atoms with Gasteiger partial charge in [0.25, 0.3) is 5.91 Å². The molecule has 5 rings (SSSR count). The smallest absolute Gasteiger partial charge is 0.271 e. The van der Waals surface area contributed by atoms with Crippen LogP contribution in [0.2, 0.25) is 5.02 Å². The monoisotopic (exact) mass is 451 g/mol. The van der Waals surface area contributed by atoms with Gasteiger partial charge in [0.1, 0.15) is 17.0 Å². The Morgan fingerprint density at radius 1 is 1.12 bits per heavy atom. The van der Waals surface area contributed by atoms with Crippen LogP contribution in [-0.4, -0.2) is 32.9 Å². The lowest BCUT2D eigenvalue weighted by molar-refractivity contribution is -0.133. The largest absolute Gasteiger partial charge is 0.463 e. The molecule has 2 amide bonds. The Labute approximate surface area is 192 Å². The van der Waals surface area contributed by atoms with Gasteiger partial charge in [-0.1, -0.05) is 36.6 Å². The Morgan fingerprint density at radius 2 is 1.84 bits per heavy atom. The molecule has 1 aromatic carbocycles. The van der Waals surface area contributed by atoms with E-state index in [4.69, 9.17) is 16.0 Å². The third kappa shape index (κ3) is 3.62. The van der Waals surface area contributed by atoms with E-state index in [9.17, 15) is 9.59 Å². The first-order chi connectivity index (χ1) is 15.5. The van der Waals surface area contributed by atoms with Gasteiger partial charge in [-0.2, -0.15) is 0 Å². The summed E-state index contributed by atoms with van der Waals surface area (Å²) in [6, 6.07) is 14.9. The van der Waals surface area contributed by atoms with E-state index in [0.717, 1.165) is 36.9 Å². The summed E-state index contributed by atoms with van der Waals surface area (Å²) in [4.78, 5) is 29.0. The highest BCUT2D eigenvalue weighted by Crippen LogP contribution is 2.35. The summed E-state index contributed by atoms with van der Waals surface area (Å²) in [5, 5.41) is 3.86. The third-order valence-corrected chi connectivity index (χ3v) is 6.97. The molecular formula is C25H26ClN3O3. The maximum absolute atomic E-state index is 13.7. The number of hydrogen-bond acceptors (Lipinski definition) is 3. The molecule has 1 atom stereocenters. The molecule has 7 heteroatoms. The van der Waals surface area contributed by atoms with Crippen LogP contribution in [0.5, 0.6) is 0 Å². The van der Waals surface area contributed by atoms with Crippen LogP contribution in [0.1, 0.15) is 48.7 Å². The van der Waals surface area contributed by atoms with Crippen LogP contribution in [0.15, 0.2) is 59.2 Å². The second-order valence-corrected chi connectivity index (χ2v) is 9.35. The quantitative estimate of drug-likeness (QED) is 0.601. The molecule has 2 aliphatic rings. The number of nitrogens with zero attached hydrogens (tertiary/aromatic N) is 2. The summed E-state index contributed by atoms with van der Waals surface area (Å²) in [7, 11) is 0. The summed E-state index contributed by atoms with van der Waals surface area (Å²) in [5.74, 6) is 0.387. The maximum Gasteiger partial charge on any atom is 0.271 e. The van der Waals surface area contributed by atoms with Crippen LogP contribution in [0.3, 0.4) is 0 Å². The molecule has 2 aromatic heterocycles. The minimum absolute atomic E-state index is 0.114. The van der Waals surface area contributed by atoms with Gasteiger partial charge in [-0.3, -0.25) is 9.59 Å². The van der Waals surface area contributed by atoms with Gasteiger partial charge in [0, 0.05) is 17.6 Å². The van der Waals surface area contributed by atoms with Crippen LogP contribution in [0, 0.1) is 0 Å². The number of carbonyl (C=O) groups is 2. The van der Waals surface area contributed by atoms with Gasteiger partial charge in [0.15, 0.2) is 0 Å². The van der Waals surface area contributed by atoms with Gasteiger partial charge in [-0.15, -0.1) is 0 Å². The zero-order chi connectivity index (χ0) is 22.3. The minimum Gasteiger partial charge on any atom is -0.463 e.